The summed E-state index contributed by atoms with van der Waals surface area (Å²) in [6.07, 6.45) is 0. The quantitative estimate of drug-likeness (QED) is 0.207. The van der Waals surface area contributed by atoms with Crippen LogP contribution < -0.4 is 16.9 Å². The Balaban J connectivity index is 2.01. The number of para-hydroxylation sites is 1. The molecule has 0 saturated heterocycles. The van der Waals surface area contributed by atoms with E-state index in [1.165, 1.54) is 18.2 Å². The van der Waals surface area contributed by atoms with Crippen molar-refractivity contribution in [1.29, 1.82) is 0 Å². The number of hydrazone groups is 1. The van der Waals surface area contributed by atoms with E-state index >= 15 is 0 Å². The fourth-order valence-corrected chi connectivity index (χ4v) is 2.52. The summed E-state index contributed by atoms with van der Waals surface area (Å²) in [7, 11) is 0. The standard InChI is InChI=1S/C20H18N6O2/c21-18-12-11-16(26(27)28)13-17(18)19(14-7-3-1-4-8-14)24-25-20(22)23-15-9-5-2-6-10-15/h1-13H,21H2,(H3,22,23,25)/b24-19+. The minimum Gasteiger partial charge on any atom is -0.398 e. The number of nitrogens with zero attached hydrogens (tertiary/aromatic N) is 3. The van der Waals surface area contributed by atoms with Gasteiger partial charge in [0.2, 0.25) is 5.96 Å². The number of aliphatic imine (C=N–C) groups is 1. The Morgan fingerprint density at radius 2 is 1.61 bits per heavy atom. The Bertz CT molecular complexity index is 1030. The van der Waals surface area contributed by atoms with Crippen LogP contribution in [-0.2, 0) is 0 Å². The minimum absolute atomic E-state index is 0.0728. The number of nitrogens with one attached hydrogen (secondary N) is 1. The first-order valence-electron chi connectivity index (χ1n) is 8.37. The lowest BCUT2D eigenvalue weighted by Gasteiger charge is -2.10. The van der Waals surface area contributed by atoms with Gasteiger partial charge in [-0.15, -0.1) is 0 Å². The van der Waals surface area contributed by atoms with E-state index in [0.717, 1.165) is 5.56 Å². The average Bonchev–Trinajstić information content (AvgIpc) is 2.70. The molecule has 0 heterocycles. The lowest BCUT2D eigenvalue weighted by molar-refractivity contribution is -0.384. The molecule has 0 aliphatic heterocycles. The van der Waals surface area contributed by atoms with E-state index in [2.05, 4.69) is 15.5 Å². The molecule has 140 valence electrons. The monoisotopic (exact) mass is 374 g/mol. The summed E-state index contributed by atoms with van der Waals surface area (Å²) in [5.74, 6) is 0.0728. The second-order valence-electron chi connectivity index (χ2n) is 5.80. The van der Waals surface area contributed by atoms with Gasteiger partial charge in [-0.1, -0.05) is 48.5 Å². The zero-order valence-electron chi connectivity index (χ0n) is 14.8. The fourth-order valence-electron chi connectivity index (χ4n) is 2.52. The molecule has 0 aliphatic rings. The number of nitro groups is 1. The summed E-state index contributed by atoms with van der Waals surface area (Å²) in [6.45, 7) is 0. The van der Waals surface area contributed by atoms with Crippen LogP contribution in [0.3, 0.4) is 0 Å². The van der Waals surface area contributed by atoms with E-state index in [1.807, 2.05) is 48.5 Å². The van der Waals surface area contributed by atoms with Crippen molar-refractivity contribution in [3.63, 3.8) is 0 Å². The molecule has 3 rings (SSSR count). The topological polar surface area (TPSA) is 132 Å². The number of benzene rings is 3. The van der Waals surface area contributed by atoms with Crippen LogP contribution in [0.2, 0.25) is 0 Å². The van der Waals surface area contributed by atoms with Crippen molar-refractivity contribution in [3.05, 3.63) is 100 Å². The number of anilines is 1. The zero-order valence-corrected chi connectivity index (χ0v) is 14.8. The van der Waals surface area contributed by atoms with Crippen LogP contribution in [0.4, 0.5) is 17.1 Å². The van der Waals surface area contributed by atoms with Crippen molar-refractivity contribution >= 4 is 28.7 Å². The molecule has 0 aliphatic carbocycles. The first kappa shape index (κ1) is 18.6. The van der Waals surface area contributed by atoms with Crippen LogP contribution in [0.25, 0.3) is 0 Å². The normalized spacial score (nSPS) is 11.9. The fraction of sp³-hybridized carbons (Fsp3) is 0. The number of non-ortho nitro benzene ring substituents is 1. The highest BCUT2D eigenvalue weighted by Crippen LogP contribution is 2.23. The largest absolute Gasteiger partial charge is 0.398 e. The Hall–Kier alpha value is -4.20. The van der Waals surface area contributed by atoms with E-state index in [9.17, 15) is 10.1 Å². The molecule has 0 amide bonds. The van der Waals surface area contributed by atoms with Gasteiger partial charge < -0.3 is 11.5 Å². The molecule has 0 saturated carbocycles. The third kappa shape index (κ3) is 4.50. The van der Waals surface area contributed by atoms with Gasteiger partial charge in [0.15, 0.2) is 0 Å². The molecule has 0 spiro atoms. The van der Waals surface area contributed by atoms with Gasteiger partial charge in [-0.3, -0.25) is 10.1 Å². The van der Waals surface area contributed by atoms with Crippen molar-refractivity contribution in [2.24, 2.45) is 15.8 Å². The number of nitro benzene ring substituents is 1. The minimum atomic E-state index is -0.482. The predicted octanol–water partition coefficient (Wildman–Crippen LogP) is 3.17. The SMILES string of the molecule is NC(=Nc1ccccc1)N/N=C(\c1ccccc1)c1cc([N+](=O)[O-])ccc1N. The summed E-state index contributed by atoms with van der Waals surface area (Å²) < 4.78 is 0. The maximum absolute atomic E-state index is 11.2. The first-order chi connectivity index (χ1) is 13.5. The van der Waals surface area contributed by atoms with Crippen LogP contribution in [0.1, 0.15) is 11.1 Å². The van der Waals surface area contributed by atoms with Crippen LogP contribution >= 0.6 is 0 Å². The van der Waals surface area contributed by atoms with Crippen molar-refractivity contribution in [1.82, 2.24) is 5.43 Å². The molecule has 0 fully saturated rings. The maximum Gasteiger partial charge on any atom is 0.270 e. The molecule has 0 bridgehead atoms. The Morgan fingerprint density at radius 3 is 2.25 bits per heavy atom. The summed E-state index contributed by atoms with van der Waals surface area (Å²) in [5.41, 5.74) is 17.2. The highest BCUT2D eigenvalue weighted by molar-refractivity contribution is 6.16. The average molecular weight is 374 g/mol. The van der Waals surface area contributed by atoms with Crippen LogP contribution in [0, 0.1) is 10.1 Å². The molecule has 0 radical (unpaired) electrons. The molecular weight excluding hydrogens is 356 g/mol. The number of hydrogen-bond donors (Lipinski definition) is 3. The van der Waals surface area contributed by atoms with Gasteiger partial charge in [0.1, 0.15) is 5.71 Å². The highest BCUT2D eigenvalue weighted by atomic mass is 16.6. The second kappa shape index (κ2) is 8.45. The Kier molecular flexibility index (Phi) is 5.61. The molecule has 0 aromatic heterocycles. The molecule has 28 heavy (non-hydrogen) atoms. The van der Waals surface area contributed by atoms with E-state index in [1.54, 1.807) is 12.1 Å². The Morgan fingerprint density at radius 1 is 0.964 bits per heavy atom. The lowest BCUT2D eigenvalue weighted by Crippen LogP contribution is -2.28. The van der Waals surface area contributed by atoms with E-state index in [4.69, 9.17) is 11.5 Å². The number of guanidine groups is 1. The molecule has 3 aromatic rings. The van der Waals surface area contributed by atoms with Gasteiger partial charge in [0.25, 0.3) is 5.69 Å². The summed E-state index contributed by atoms with van der Waals surface area (Å²) in [6, 6.07) is 22.5. The van der Waals surface area contributed by atoms with Crippen LogP contribution in [0.5, 0.6) is 0 Å². The predicted molar refractivity (Wildman–Crippen MR) is 110 cm³/mol. The van der Waals surface area contributed by atoms with Gasteiger partial charge in [0, 0.05) is 28.9 Å². The van der Waals surface area contributed by atoms with Crippen molar-refractivity contribution in [3.8, 4) is 0 Å². The van der Waals surface area contributed by atoms with E-state index in [-0.39, 0.29) is 11.6 Å². The lowest BCUT2D eigenvalue weighted by atomic mass is 10.0. The van der Waals surface area contributed by atoms with Crippen molar-refractivity contribution < 1.29 is 4.92 Å². The Labute approximate surface area is 161 Å². The molecule has 8 nitrogen and oxygen atoms in total. The third-order valence-electron chi connectivity index (χ3n) is 3.84. The van der Waals surface area contributed by atoms with E-state index < -0.39 is 4.92 Å². The second-order valence-corrected chi connectivity index (χ2v) is 5.80. The molecule has 8 heteroatoms. The first-order valence-corrected chi connectivity index (χ1v) is 8.37. The van der Waals surface area contributed by atoms with Crippen molar-refractivity contribution in [2.45, 2.75) is 0 Å². The number of nitrogens with two attached hydrogens (primary N) is 2. The van der Waals surface area contributed by atoms with Crippen molar-refractivity contribution in [2.75, 3.05) is 5.73 Å². The summed E-state index contributed by atoms with van der Waals surface area (Å²) in [5, 5.41) is 15.5. The smallest absolute Gasteiger partial charge is 0.270 e. The summed E-state index contributed by atoms with van der Waals surface area (Å²) in [4.78, 5) is 14.9. The van der Waals surface area contributed by atoms with Gasteiger partial charge >= 0.3 is 0 Å². The molecule has 3 aromatic carbocycles. The van der Waals surface area contributed by atoms with Gasteiger partial charge in [-0.2, -0.15) is 5.10 Å². The van der Waals surface area contributed by atoms with Gasteiger partial charge in [-0.05, 0) is 18.2 Å². The highest BCUT2D eigenvalue weighted by Gasteiger charge is 2.16. The number of nitrogen functional groups attached to an aromatic ring is 1. The summed E-state index contributed by atoms with van der Waals surface area (Å²) >= 11 is 0. The van der Waals surface area contributed by atoms with Crippen LogP contribution in [0.15, 0.2) is 89.0 Å². The maximum atomic E-state index is 11.2. The molecule has 0 atom stereocenters. The number of rotatable bonds is 5. The third-order valence-corrected chi connectivity index (χ3v) is 3.84. The number of hydrogen-bond acceptors (Lipinski definition) is 5. The van der Waals surface area contributed by atoms with Gasteiger partial charge in [0.05, 0.1) is 10.6 Å². The van der Waals surface area contributed by atoms with Crippen LogP contribution in [-0.4, -0.2) is 16.6 Å². The van der Waals surface area contributed by atoms with E-state index in [0.29, 0.717) is 22.6 Å². The molecule has 0 unspecified atom stereocenters. The van der Waals surface area contributed by atoms with Gasteiger partial charge in [-0.25, -0.2) is 10.4 Å². The molecular formula is C20H18N6O2. The molecule has 5 N–H and O–H groups in total. The zero-order chi connectivity index (χ0) is 19.9.